The lowest BCUT2D eigenvalue weighted by molar-refractivity contribution is -0.143. The molecule has 0 radical (unpaired) electrons. The van der Waals surface area contributed by atoms with Crippen molar-refractivity contribution >= 4 is 17.1 Å². The number of ether oxygens (including phenoxy) is 3. The van der Waals surface area contributed by atoms with Crippen molar-refractivity contribution in [2.24, 2.45) is 0 Å². The van der Waals surface area contributed by atoms with Gasteiger partial charge in [-0.3, -0.25) is 4.79 Å². The van der Waals surface area contributed by atoms with E-state index in [1.807, 2.05) is 55.5 Å². The summed E-state index contributed by atoms with van der Waals surface area (Å²) in [5.41, 5.74) is 1.45. The summed E-state index contributed by atoms with van der Waals surface area (Å²) in [5.74, 6) is 1.27. The number of carbonyl (C=O) groups excluding carboxylic acids is 1. The smallest absolute Gasteiger partial charge is 0.400 e. The van der Waals surface area contributed by atoms with Crippen molar-refractivity contribution in [3.63, 3.8) is 0 Å². The van der Waals surface area contributed by atoms with E-state index in [0.717, 1.165) is 30.5 Å². The van der Waals surface area contributed by atoms with Crippen molar-refractivity contribution in [3.05, 3.63) is 48.5 Å². The van der Waals surface area contributed by atoms with Crippen molar-refractivity contribution < 1.29 is 23.4 Å². The fourth-order valence-corrected chi connectivity index (χ4v) is 2.57. The summed E-state index contributed by atoms with van der Waals surface area (Å²) < 4.78 is 21.8. The molecule has 0 aliphatic carbocycles. The van der Waals surface area contributed by atoms with Gasteiger partial charge in [-0.25, -0.2) is 0 Å². The molecule has 0 bridgehead atoms. The third-order valence-electron chi connectivity index (χ3n) is 3.90. The van der Waals surface area contributed by atoms with Crippen LogP contribution < -0.4 is 9.47 Å². The molecule has 0 N–H and O–H groups in total. The van der Waals surface area contributed by atoms with Crippen molar-refractivity contribution in [3.8, 4) is 17.6 Å². The Balaban J connectivity index is 1.39. The number of rotatable bonds is 10. The van der Waals surface area contributed by atoms with Gasteiger partial charge in [0.2, 0.25) is 0 Å². The van der Waals surface area contributed by atoms with Crippen LogP contribution in [0.2, 0.25) is 0 Å². The number of benzene rings is 2. The average Bonchev–Trinajstić information content (AvgIpc) is 3.08. The highest BCUT2D eigenvalue weighted by Gasteiger charge is 2.07. The zero-order valence-corrected chi connectivity index (χ0v) is 15.3. The number of esters is 1. The molecule has 1 heterocycles. The second-order valence-electron chi connectivity index (χ2n) is 5.99. The predicted octanol–water partition coefficient (Wildman–Crippen LogP) is 5.12. The molecule has 0 saturated heterocycles. The van der Waals surface area contributed by atoms with Crippen molar-refractivity contribution in [2.45, 2.75) is 32.6 Å². The van der Waals surface area contributed by atoms with Crippen LogP contribution in [0.1, 0.15) is 32.6 Å². The number of fused-ring (bicyclic) bond motifs is 1. The largest absolute Gasteiger partial charge is 0.494 e. The zero-order valence-electron chi connectivity index (χ0n) is 15.3. The second kappa shape index (κ2) is 9.62. The van der Waals surface area contributed by atoms with Gasteiger partial charge in [0.15, 0.2) is 5.58 Å². The summed E-state index contributed by atoms with van der Waals surface area (Å²) in [7, 11) is 0. The third-order valence-corrected chi connectivity index (χ3v) is 3.90. The predicted molar refractivity (Wildman–Crippen MR) is 101 cm³/mol. The lowest BCUT2D eigenvalue weighted by Crippen LogP contribution is -2.04. The molecule has 3 aromatic rings. The van der Waals surface area contributed by atoms with Crippen LogP contribution in [-0.2, 0) is 9.53 Å². The molecule has 0 atom stereocenters. The summed E-state index contributed by atoms with van der Waals surface area (Å²) in [6, 6.07) is 14.8. The Hall–Kier alpha value is -3.02. The standard InChI is InChI=1S/C21H23NO5/c1-2-24-20(23)10-4-3-7-15-25-16-11-13-17(14-12-16)26-21-22-18-8-5-6-9-19(18)27-21/h5-6,8-9,11-14H,2-4,7,10,15H2,1H3. The molecule has 0 aliphatic rings. The van der Waals surface area contributed by atoms with Crippen LogP contribution in [0.3, 0.4) is 0 Å². The van der Waals surface area contributed by atoms with Crippen LogP contribution >= 0.6 is 0 Å². The molecule has 0 saturated carbocycles. The first kappa shape index (κ1) is 18.8. The minimum absolute atomic E-state index is 0.132. The maximum atomic E-state index is 11.2. The van der Waals surface area contributed by atoms with Gasteiger partial charge in [-0.2, -0.15) is 4.98 Å². The molecule has 2 aromatic carbocycles. The van der Waals surface area contributed by atoms with E-state index in [1.165, 1.54) is 0 Å². The molecule has 3 rings (SSSR count). The summed E-state index contributed by atoms with van der Waals surface area (Å²) in [4.78, 5) is 15.5. The Bertz CT molecular complexity index is 823. The average molecular weight is 369 g/mol. The molecule has 6 heteroatoms. The van der Waals surface area contributed by atoms with Crippen LogP contribution in [0.15, 0.2) is 52.9 Å². The number of aromatic nitrogens is 1. The van der Waals surface area contributed by atoms with Gasteiger partial charge in [-0.05, 0) is 62.6 Å². The molecular weight excluding hydrogens is 346 g/mol. The van der Waals surface area contributed by atoms with Crippen LogP contribution in [0.4, 0.5) is 0 Å². The van der Waals surface area contributed by atoms with Crippen molar-refractivity contribution in [2.75, 3.05) is 13.2 Å². The molecule has 27 heavy (non-hydrogen) atoms. The van der Waals surface area contributed by atoms with E-state index in [-0.39, 0.29) is 12.0 Å². The van der Waals surface area contributed by atoms with E-state index >= 15 is 0 Å². The minimum atomic E-state index is -0.132. The molecule has 0 spiro atoms. The second-order valence-corrected chi connectivity index (χ2v) is 5.99. The third kappa shape index (κ3) is 5.74. The fourth-order valence-electron chi connectivity index (χ4n) is 2.57. The van der Waals surface area contributed by atoms with Crippen LogP contribution in [0.25, 0.3) is 11.1 Å². The van der Waals surface area contributed by atoms with Crippen molar-refractivity contribution in [1.29, 1.82) is 0 Å². The van der Waals surface area contributed by atoms with Gasteiger partial charge in [-0.1, -0.05) is 12.1 Å². The van der Waals surface area contributed by atoms with E-state index in [1.54, 1.807) is 0 Å². The highest BCUT2D eigenvalue weighted by atomic mass is 16.6. The molecule has 0 amide bonds. The topological polar surface area (TPSA) is 70.8 Å². The monoisotopic (exact) mass is 369 g/mol. The number of para-hydroxylation sites is 2. The van der Waals surface area contributed by atoms with Gasteiger partial charge in [0.25, 0.3) is 0 Å². The quantitative estimate of drug-likeness (QED) is 0.365. The minimum Gasteiger partial charge on any atom is -0.494 e. The normalized spacial score (nSPS) is 10.7. The van der Waals surface area contributed by atoms with Gasteiger partial charge >= 0.3 is 12.0 Å². The summed E-state index contributed by atoms with van der Waals surface area (Å²) in [6.07, 6.45) is 3.32. The lowest BCUT2D eigenvalue weighted by atomic mass is 10.2. The van der Waals surface area contributed by atoms with E-state index in [2.05, 4.69) is 4.98 Å². The summed E-state index contributed by atoms with van der Waals surface area (Å²) in [6.45, 7) is 2.86. The first-order valence-electron chi connectivity index (χ1n) is 9.16. The van der Waals surface area contributed by atoms with Gasteiger partial charge in [0.1, 0.15) is 17.0 Å². The van der Waals surface area contributed by atoms with E-state index in [9.17, 15) is 4.79 Å². The van der Waals surface area contributed by atoms with Gasteiger partial charge in [-0.15, -0.1) is 0 Å². The SMILES string of the molecule is CCOC(=O)CCCCCOc1ccc(Oc2nc3ccccc3o2)cc1. The Morgan fingerprint density at radius 3 is 2.56 bits per heavy atom. The Morgan fingerprint density at radius 1 is 1.00 bits per heavy atom. The Morgan fingerprint density at radius 2 is 1.78 bits per heavy atom. The lowest BCUT2D eigenvalue weighted by Gasteiger charge is -2.07. The number of unbranched alkanes of at least 4 members (excludes halogenated alkanes) is 2. The van der Waals surface area contributed by atoms with Gasteiger partial charge in [0.05, 0.1) is 13.2 Å². The summed E-state index contributed by atoms with van der Waals surface area (Å²) in [5, 5.41) is 0. The zero-order chi connectivity index (χ0) is 18.9. The number of oxazole rings is 1. The van der Waals surface area contributed by atoms with Crippen LogP contribution in [0, 0.1) is 0 Å². The first-order valence-corrected chi connectivity index (χ1v) is 9.16. The van der Waals surface area contributed by atoms with Gasteiger partial charge < -0.3 is 18.6 Å². The fraction of sp³-hybridized carbons (Fsp3) is 0.333. The summed E-state index contributed by atoms with van der Waals surface area (Å²) >= 11 is 0. The highest BCUT2D eigenvalue weighted by molar-refractivity contribution is 5.72. The van der Waals surface area contributed by atoms with E-state index in [4.69, 9.17) is 18.6 Å². The number of nitrogens with zero attached hydrogens (tertiary/aromatic N) is 1. The number of hydrogen-bond donors (Lipinski definition) is 0. The molecule has 0 unspecified atom stereocenters. The van der Waals surface area contributed by atoms with Crippen LogP contribution in [0.5, 0.6) is 17.6 Å². The maximum Gasteiger partial charge on any atom is 0.400 e. The highest BCUT2D eigenvalue weighted by Crippen LogP contribution is 2.26. The number of carbonyl (C=O) groups is 1. The van der Waals surface area contributed by atoms with E-state index < -0.39 is 0 Å². The maximum absolute atomic E-state index is 11.2. The molecule has 142 valence electrons. The molecular formula is C21H23NO5. The Labute approximate surface area is 158 Å². The molecule has 1 aromatic heterocycles. The Kier molecular flexibility index (Phi) is 6.68. The van der Waals surface area contributed by atoms with Crippen LogP contribution in [-0.4, -0.2) is 24.2 Å². The molecule has 0 fully saturated rings. The molecule has 6 nitrogen and oxygen atoms in total. The first-order chi connectivity index (χ1) is 13.2. The van der Waals surface area contributed by atoms with Gasteiger partial charge in [0, 0.05) is 6.42 Å². The van der Waals surface area contributed by atoms with E-state index in [0.29, 0.717) is 31.0 Å². The number of hydrogen-bond acceptors (Lipinski definition) is 6. The van der Waals surface area contributed by atoms with Crippen molar-refractivity contribution in [1.82, 2.24) is 4.98 Å². The molecule has 0 aliphatic heterocycles.